The standard InChI is InChI=1S/C22H18N4O2/c1-2-4-18-17(3-1)19-20(28-18)22(26-7-9-27-10-8-26)25-21(24-19)14-5-6-15-12-23-13-16(15)11-14/h1-6,11-12H,7-10,13H2. The molecule has 0 N–H and O–H groups in total. The first-order chi connectivity index (χ1) is 13.9. The number of nitrogens with zero attached hydrogens (tertiary/aromatic N) is 4. The number of furan rings is 1. The van der Waals surface area contributed by atoms with Gasteiger partial charge in [-0.25, -0.2) is 9.97 Å². The molecule has 6 rings (SSSR count). The molecule has 0 radical (unpaired) electrons. The molecule has 0 saturated carbocycles. The van der Waals surface area contributed by atoms with Crippen LogP contribution >= 0.6 is 0 Å². The number of benzene rings is 2. The van der Waals surface area contributed by atoms with Gasteiger partial charge in [0, 0.05) is 30.3 Å². The molecule has 0 bridgehead atoms. The SMILES string of the molecule is C1=NCc2cc(-c3nc(N4CCOCC4)c4oc5ccccc5c4n3)ccc21. The summed E-state index contributed by atoms with van der Waals surface area (Å²) in [5.74, 6) is 1.56. The van der Waals surface area contributed by atoms with Crippen LogP contribution in [0.5, 0.6) is 0 Å². The highest BCUT2D eigenvalue weighted by Crippen LogP contribution is 2.35. The third-order valence-electron chi connectivity index (χ3n) is 5.41. The van der Waals surface area contributed by atoms with E-state index in [-0.39, 0.29) is 0 Å². The van der Waals surface area contributed by atoms with Crippen molar-refractivity contribution in [1.29, 1.82) is 0 Å². The molecule has 0 spiro atoms. The van der Waals surface area contributed by atoms with E-state index < -0.39 is 0 Å². The molecule has 1 saturated heterocycles. The summed E-state index contributed by atoms with van der Waals surface area (Å²) in [5.41, 5.74) is 5.83. The van der Waals surface area contributed by atoms with Gasteiger partial charge in [0.2, 0.25) is 0 Å². The summed E-state index contributed by atoms with van der Waals surface area (Å²) in [6, 6.07) is 14.3. The molecule has 2 aromatic carbocycles. The summed E-state index contributed by atoms with van der Waals surface area (Å²) >= 11 is 0. The molecule has 0 atom stereocenters. The van der Waals surface area contributed by atoms with Gasteiger partial charge in [-0.05, 0) is 29.3 Å². The summed E-state index contributed by atoms with van der Waals surface area (Å²) in [6.45, 7) is 3.69. The summed E-state index contributed by atoms with van der Waals surface area (Å²) in [7, 11) is 0. The molecule has 4 heterocycles. The zero-order valence-corrected chi connectivity index (χ0v) is 15.3. The third-order valence-corrected chi connectivity index (χ3v) is 5.41. The number of para-hydroxylation sites is 1. The van der Waals surface area contributed by atoms with E-state index >= 15 is 0 Å². The molecule has 2 aliphatic rings. The van der Waals surface area contributed by atoms with Gasteiger partial charge in [0.25, 0.3) is 0 Å². The van der Waals surface area contributed by atoms with Crippen LogP contribution in [0.3, 0.4) is 0 Å². The fraction of sp³-hybridized carbons (Fsp3) is 0.227. The zero-order valence-electron chi connectivity index (χ0n) is 15.3. The molecule has 6 nitrogen and oxygen atoms in total. The molecule has 28 heavy (non-hydrogen) atoms. The molecule has 4 aromatic rings. The second-order valence-electron chi connectivity index (χ2n) is 7.13. The Labute approximate surface area is 161 Å². The second-order valence-corrected chi connectivity index (χ2v) is 7.13. The topological polar surface area (TPSA) is 63.8 Å². The first-order valence-electron chi connectivity index (χ1n) is 9.52. The lowest BCUT2D eigenvalue weighted by Crippen LogP contribution is -2.37. The van der Waals surface area contributed by atoms with Gasteiger partial charge in [-0.1, -0.05) is 24.3 Å². The number of fused-ring (bicyclic) bond motifs is 4. The lowest BCUT2D eigenvalue weighted by atomic mass is 10.1. The van der Waals surface area contributed by atoms with E-state index in [2.05, 4.69) is 34.2 Å². The Kier molecular flexibility index (Phi) is 3.46. The van der Waals surface area contributed by atoms with Crippen LogP contribution in [0, 0.1) is 0 Å². The van der Waals surface area contributed by atoms with E-state index in [4.69, 9.17) is 19.1 Å². The number of ether oxygens (including phenoxy) is 1. The van der Waals surface area contributed by atoms with Gasteiger partial charge >= 0.3 is 0 Å². The average Bonchev–Trinajstić information content (AvgIpc) is 3.37. The summed E-state index contributed by atoms with van der Waals surface area (Å²) < 4.78 is 11.7. The zero-order chi connectivity index (χ0) is 18.5. The van der Waals surface area contributed by atoms with Gasteiger partial charge < -0.3 is 14.1 Å². The maximum absolute atomic E-state index is 6.17. The molecule has 6 heteroatoms. The van der Waals surface area contributed by atoms with Crippen molar-refractivity contribution in [3.8, 4) is 11.4 Å². The Morgan fingerprint density at radius 1 is 0.964 bits per heavy atom. The van der Waals surface area contributed by atoms with Gasteiger partial charge in [0.05, 0.1) is 19.8 Å². The van der Waals surface area contributed by atoms with E-state index in [1.165, 1.54) is 11.1 Å². The number of rotatable bonds is 2. The van der Waals surface area contributed by atoms with Crippen molar-refractivity contribution in [3.63, 3.8) is 0 Å². The Morgan fingerprint density at radius 3 is 2.79 bits per heavy atom. The van der Waals surface area contributed by atoms with E-state index in [0.717, 1.165) is 58.9 Å². The fourth-order valence-corrected chi connectivity index (χ4v) is 3.95. The molecule has 2 aromatic heterocycles. The number of aliphatic imine (C=N–C) groups is 1. The van der Waals surface area contributed by atoms with Gasteiger partial charge in [-0.3, -0.25) is 4.99 Å². The Bertz CT molecular complexity index is 1240. The van der Waals surface area contributed by atoms with Crippen molar-refractivity contribution in [2.75, 3.05) is 31.2 Å². The molecule has 0 amide bonds. The van der Waals surface area contributed by atoms with Crippen molar-refractivity contribution in [2.45, 2.75) is 6.54 Å². The fourth-order valence-electron chi connectivity index (χ4n) is 3.95. The van der Waals surface area contributed by atoms with Crippen molar-refractivity contribution in [2.24, 2.45) is 4.99 Å². The van der Waals surface area contributed by atoms with Crippen LogP contribution in [-0.2, 0) is 11.3 Å². The summed E-state index contributed by atoms with van der Waals surface area (Å²) in [6.07, 6.45) is 1.92. The number of aromatic nitrogens is 2. The normalized spacial score (nSPS) is 16.2. The predicted molar refractivity (Wildman–Crippen MR) is 109 cm³/mol. The van der Waals surface area contributed by atoms with E-state index in [9.17, 15) is 0 Å². The average molecular weight is 370 g/mol. The molecule has 138 valence electrons. The highest BCUT2D eigenvalue weighted by atomic mass is 16.5. The second kappa shape index (κ2) is 6.14. The van der Waals surface area contributed by atoms with Crippen molar-refractivity contribution < 1.29 is 9.15 Å². The van der Waals surface area contributed by atoms with E-state index in [0.29, 0.717) is 13.2 Å². The van der Waals surface area contributed by atoms with Gasteiger partial charge in [-0.2, -0.15) is 0 Å². The van der Waals surface area contributed by atoms with Crippen LogP contribution < -0.4 is 4.90 Å². The van der Waals surface area contributed by atoms with Crippen molar-refractivity contribution in [1.82, 2.24) is 9.97 Å². The first-order valence-corrected chi connectivity index (χ1v) is 9.52. The monoisotopic (exact) mass is 370 g/mol. The van der Waals surface area contributed by atoms with E-state index in [1.54, 1.807) is 0 Å². The molecule has 0 unspecified atom stereocenters. The largest absolute Gasteiger partial charge is 0.450 e. The highest BCUT2D eigenvalue weighted by Gasteiger charge is 2.22. The van der Waals surface area contributed by atoms with Crippen LogP contribution in [-0.4, -0.2) is 42.5 Å². The minimum atomic E-state index is 0.692. The van der Waals surface area contributed by atoms with Crippen molar-refractivity contribution in [3.05, 3.63) is 53.6 Å². The first kappa shape index (κ1) is 15.8. The van der Waals surface area contributed by atoms with Gasteiger partial charge in [-0.15, -0.1) is 0 Å². The Hall–Kier alpha value is -3.25. The quantitative estimate of drug-likeness (QED) is 0.537. The minimum Gasteiger partial charge on any atom is -0.450 e. The maximum atomic E-state index is 6.17. The molecular weight excluding hydrogens is 352 g/mol. The van der Waals surface area contributed by atoms with Crippen molar-refractivity contribution >= 4 is 34.1 Å². The lowest BCUT2D eigenvalue weighted by Gasteiger charge is -2.27. The summed E-state index contributed by atoms with van der Waals surface area (Å²) in [4.78, 5) is 16.4. The van der Waals surface area contributed by atoms with Crippen LogP contribution in [0.15, 0.2) is 51.9 Å². The van der Waals surface area contributed by atoms with Crippen LogP contribution in [0.2, 0.25) is 0 Å². The maximum Gasteiger partial charge on any atom is 0.196 e. The Balaban J connectivity index is 1.59. The summed E-state index contributed by atoms with van der Waals surface area (Å²) in [5, 5.41) is 1.01. The number of hydrogen-bond acceptors (Lipinski definition) is 6. The molecule has 1 fully saturated rings. The van der Waals surface area contributed by atoms with Gasteiger partial charge in [0.1, 0.15) is 11.1 Å². The van der Waals surface area contributed by atoms with Crippen LogP contribution in [0.25, 0.3) is 33.5 Å². The van der Waals surface area contributed by atoms with Crippen LogP contribution in [0.4, 0.5) is 5.82 Å². The van der Waals surface area contributed by atoms with Crippen LogP contribution in [0.1, 0.15) is 11.1 Å². The van der Waals surface area contributed by atoms with Gasteiger partial charge in [0.15, 0.2) is 17.2 Å². The van der Waals surface area contributed by atoms with E-state index in [1.807, 2.05) is 24.4 Å². The number of anilines is 1. The number of hydrogen-bond donors (Lipinski definition) is 0. The molecule has 0 aliphatic carbocycles. The molecular formula is C22H18N4O2. The minimum absolute atomic E-state index is 0.692. The smallest absolute Gasteiger partial charge is 0.196 e. The highest BCUT2D eigenvalue weighted by molar-refractivity contribution is 6.06. The number of morpholine rings is 1. The third kappa shape index (κ3) is 2.42. The molecule has 2 aliphatic heterocycles. The predicted octanol–water partition coefficient (Wildman–Crippen LogP) is 3.81. The Morgan fingerprint density at radius 2 is 1.86 bits per heavy atom. The lowest BCUT2D eigenvalue weighted by molar-refractivity contribution is 0.122.